The van der Waals surface area contributed by atoms with Gasteiger partial charge in [0.25, 0.3) is 0 Å². The van der Waals surface area contributed by atoms with Gasteiger partial charge in [-0.25, -0.2) is 0 Å². The molecule has 2 fully saturated rings. The Morgan fingerprint density at radius 2 is 1.62 bits per heavy atom. The van der Waals surface area contributed by atoms with Crippen LogP contribution in [0.3, 0.4) is 0 Å². The van der Waals surface area contributed by atoms with E-state index in [4.69, 9.17) is 0 Å². The van der Waals surface area contributed by atoms with Gasteiger partial charge in [-0.3, -0.25) is 14.9 Å². The third-order valence-corrected chi connectivity index (χ3v) is 3.89. The molecule has 1 N–H and O–H groups in total. The molecule has 0 aliphatic carbocycles. The minimum atomic E-state index is -0.0804. The van der Waals surface area contributed by atoms with Crippen LogP contribution in [0.5, 0.6) is 0 Å². The molecule has 3 nitrogen and oxygen atoms in total. The van der Waals surface area contributed by atoms with Crippen molar-refractivity contribution in [2.75, 3.05) is 11.5 Å². The lowest BCUT2D eigenvalue weighted by molar-refractivity contribution is -0.138. The van der Waals surface area contributed by atoms with E-state index in [9.17, 15) is 9.59 Å². The smallest absolute Gasteiger partial charge is 0.227 e. The highest BCUT2D eigenvalue weighted by Gasteiger charge is 2.40. The quantitative estimate of drug-likeness (QED) is 0.590. The molecule has 1 spiro atoms. The van der Waals surface area contributed by atoms with E-state index in [0.717, 1.165) is 24.3 Å². The van der Waals surface area contributed by atoms with Crippen molar-refractivity contribution in [1.82, 2.24) is 5.32 Å². The second-order valence-electron chi connectivity index (χ2n) is 3.94. The number of amides is 2. The molecule has 4 heteroatoms. The molecule has 2 heterocycles. The van der Waals surface area contributed by atoms with Crippen LogP contribution in [-0.2, 0) is 9.59 Å². The molecule has 2 saturated heterocycles. The van der Waals surface area contributed by atoms with Gasteiger partial charge in [0.2, 0.25) is 11.8 Å². The zero-order valence-electron chi connectivity index (χ0n) is 7.47. The van der Waals surface area contributed by atoms with Gasteiger partial charge in [0.15, 0.2) is 0 Å². The standard InChI is InChI=1S/C9H13NO2S/c11-7-5-9(6-8(12)10-7)1-3-13-4-2-9/h1-6H2,(H,10,11,12). The molecule has 0 aromatic heterocycles. The Labute approximate surface area is 81.6 Å². The lowest BCUT2D eigenvalue weighted by atomic mass is 9.74. The Morgan fingerprint density at radius 1 is 1.08 bits per heavy atom. The summed E-state index contributed by atoms with van der Waals surface area (Å²) in [5.41, 5.74) is 0.0185. The highest BCUT2D eigenvalue weighted by Crippen LogP contribution is 2.42. The van der Waals surface area contributed by atoms with Crippen molar-refractivity contribution in [1.29, 1.82) is 0 Å². The number of hydrogen-bond acceptors (Lipinski definition) is 3. The second kappa shape index (κ2) is 3.33. The highest BCUT2D eigenvalue weighted by molar-refractivity contribution is 7.99. The predicted octanol–water partition coefficient (Wildman–Crippen LogP) is 0.936. The van der Waals surface area contributed by atoms with E-state index in [2.05, 4.69) is 5.32 Å². The summed E-state index contributed by atoms with van der Waals surface area (Å²) in [6.07, 6.45) is 3.16. The van der Waals surface area contributed by atoms with Gasteiger partial charge in [0.05, 0.1) is 0 Å². The summed E-state index contributed by atoms with van der Waals surface area (Å²) >= 11 is 1.92. The first-order valence-electron chi connectivity index (χ1n) is 4.61. The largest absolute Gasteiger partial charge is 0.296 e. The number of nitrogens with one attached hydrogen (secondary N) is 1. The van der Waals surface area contributed by atoms with Crippen molar-refractivity contribution >= 4 is 23.6 Å². The van der Waals surface area contributed by atoms with Gasteiger partial charge in [-0.15, -0.1) is 0 Å². The van der Waals surface area contributed by atoms with Crippen LogP contribution in [-0.4, -0.2) is 23.3 Å². The van der Waals surface area contributed by atoms with Gasteiger partial charge in [0.1, 0.15) is 0 Å². The lowest BCUT2D eigenvalue weighted by Gasteiger charge is -2.38. The molecule has 2 rings (SSSR count). The molecular weight excluding hydrogens is 186 g/mol. The number of piperidine rings is 1. The van der Waals surface area contributed by atoms with Crippen molar-refractivity contribution in [3.8, 4) is 0 Å². The van der Waals surface area contributed by atoms with E-state index in [1.54, 1.807) is 0 Å². The molecule has 2 aliphatic heterocycles. The van der Waals surface area contributed by atoms with Crippen LogP contribution < -0.4 is 5.32 Å². The van der Waals surface area contributed by atoms with Crippen LogP contribution in [0.4, 0.5) is 0 Å². The number of carbonyl (C=O) groups excluding carboxylic acids is 2. The van der Waals surface area contributed by atoms with Gasteiger partial charge < -0.3 is 0 Å². The molecule has 0 aromatic carbocycles. The maximum absolute atomic E-state index is 11.2. The highest BCUT2D eigenvalue weighted by atomic mass is 32.2. The number of thioether (sulfide) groups is 1. The van der Waals surface area contributed by atoms with Crippen LogP contribution in [0, 0.1) is 5.41 Å². The zero-order valence-corrected chi connectivity index (χ0v) is 8.28. The first kappa shape index (κ1) is 9.06. The Morgan fingerprint density at radius 3 is 2.15 bits per heavy atom. The number of carbonyl (C=O) groups is 2. The summed E-state index contributed by atoms with van der Waals surface area (Å²) in [6, 6.07) is 0. The van der Waals surface area contributed by atoms with E-state index >= 15 is 0 Å². The molecule has 0 atom stereocenters. The molecule has 2 aliphatic rings. The minimum absolute atomic E-state index is 0.0185. The Bertz CT molecular complexity index is 228. The van der Waals surface area contributed by atoms with Gasteiger partial charge in [-0.2, -0.15) is 11.8 Å². The Balaban J connectivity index is 2.11. The van der Waals surface area contributed by atoms with E-state index in [1.807, 2.05) is 11.8 Å². The van der Waals surface area contributed by atoms with Crippen molar-refractivity contribution in [2.24, 2.45) is 5.41 Å². The van der Waals surface area contributed by atoms with E-state index in [0.29, 0.717) is 12.8 Å². The van der Waals surface area contributed by atoms with Crippen LogP contribution in [0.15, 0.2) is 0 Å². The average Bonchev–Trinajstić information content (AvgIpc) is 2.02. The first-order chi connectivity index (χ1) is 6.20. The summed E-state index contributed by atoms with van der Waals surface area (Å²) in [5.74, 6) is 2.03. The Kier molecular flexibility index (Phi) is 2.32. The van der Waals surface area contributed by atoms with E-state index in [1.165, 1.54) is 0 Å². The van der Waals surface area contributed by atoms with E-state index in [-0.39, 0.29) is 17.2 Å². The summed E-state index contributed by atoms with van der Waals surface area (Å²) in [5, 5.41) is 2.37. The van der Waals surface area contributed by atoms with Gasteiger partial charge in [0, 0.05) is 12.8 Å². The topological polar surface area (TPSA) is 46.2 Å². The molecule has 72 valence electrons. The van der Waals surface area contributed by atoms with Gasteiger partial charge in [-0.1, -0.05) is 0 Å². The monoisotopic (exact) mass is 199 g/mol. The summed E-state index contributed by atoms with van der Waals surface area (Å²) in [4.78, 5) is 22.4. The van der Waals surface area contributed by atoms with Crippen molar-refractivity contribution < 1.29 is 9.59 Å². The summed E-state index contributed by atoms with van der Waals surface area (Å²) in [7, 11) is 0. The maximum atomic E-state index is 11.2. The van der Waals surface area contributed by atoms with Crippen LogP contribution >= 0.6 is 11.8 Å². The second-order valence-corrected chi connectivity index (χ2v) is 5.16. The van der Waals surface area contributed by atoms with Crippen molar-refractivity contribution in [3.05, 3.63) is 0 Å². The Hall–Kier alpha value is -0.510. The van der Waals surface area contributed by atoms with Gasteiger partial charge in [-0.05, 0) is 29.8 Å². The normalized spacial score (nSPS) is 27.4. The number of imide groups is 1. The predicted molar refractivity (Wildman–Crippen MR) is 51.4 cm³/mol. The maximum Gasteiger partial charge on any atom is 0.227 e. The first-order valence-corrected chi connectivity index (χ1v) is 5.76. The van der Waals surface area contributed by atoms with Crippen LogP contribution in [0.25, 0.3) is 0 Å². The molecule has 0 bridgehead atoms. The van der Waals surface area contributed by atoms with Gasteiger partial charge >= 0.3 is 0 Å². The number of hydrogen-bond donors (Lipinski definition) is 1. The molecule has 13 heavy (non-hydrogen) atoms. The lowest BCUT2D eigenvalue weighted by Crippen LogP contribution is -2.46. The fourth-order valence-corrected chi connectivity index (χ4v) is 3.50. The molecule has 0 aromatic rings. The SMILES string of the molecule is O=C1CC2(CCSCC2)CC(=O)N1. The minimum Gasteiger partial charge on any atom is -0.296 e. The molecule has 0 saturated carbocycles. The average molecular weight is 199 g/mol. The third-order valence-electron chi connectivity index (χ3n) is 2.90. The summed E-state index contributed by atoms with van der Waals surface area (Å²) in [6.45, 7) is 0. The van der Waals surface area contributed by atoms with E-state index < -0.39 is 0 Å². The molecule has 0 unspecified atom stereocenters. The van der Waals surface area contributed by atoms with Crippen LogP contribution in [0.1, 0.15) is 25.7 Å². The molecule has 2 amide bonds. The fourth-order valence-electron chi connectivity index (χ4n) is 2.15. The molecule has 0 radical (unpaired) electrons. The van der Waals surface area contributed by atoms with Crippen LogP contribution in [0.2, 0.25) is 0 Å². The number of rotatable bonds is 0. The van der Waals surface area contributed by atoms with Crippen molar-refractivity contribution in [3.63, 3.8) is 0 Å². The van der Waals surface area contributed by atoms with Crippen molar-refractivity contribution in [2.45, 2.75) is 25.7 Å². The third kappa shape index (κ3) is 1.88. The fraction of sp³-hybridized carbons (Fsp3) is 0.778. The molecular formula is C9H13NO2S. The zero-order chi connectivity index (χ0) is 9.31. The summed E-state index contributed by atoms with van der Waals surface area (Å²) < 4.78 is 0.